The molecule has 5 nitrogen and oxygen atoms in total. The van der Waals surface area contributed by atoms with Crippen molar-refractivity contribution in [2.75, 3.05) is 0 Å². The van der Waals surface area contributed by atoms with Crippen molar-refractivity contribution in [3.63, 3.8) is 0 Å². The molecule has 0 aliphatic heterocycles. The highest BCUT2D eigenvalue weighted by atomic mass is 19.1. The number of benzene rings is 1. The van der Waals surface area contributed by atoms with Crippen LogP contribution >= 0.6 is 0 Å². The Morgan fingerprint density at radius 3 is 2.95 bits per heavy atom. The zero-order valence-corrected chi connectivity index (χ0v) is 10.9. The van der Waals surface area contributed by atoms with Crippen LogP contribution in [0.15, 0.2) is 36.7 Å². The quantitative estimate of drug-likeness (QED) is 0.795. The summed E-state index contributed by atoms with van der Waals surface area (Å²) >= 11 is 0. The van der Waals surface area contributed by atoms with Crippen LogP contribution in [0.5, 0.6) is 11.6 Å². The van der Waals surface area contributed by atoms with Crippen LogP contribution in [-0.4, -0.2) is 14.6 Å². The summed E-state index contributed by atoms with van der Waals surface area (Å²) in [4.78, 5) is 4.16. The second-order valence-corrected chi connectivity index (χ2v) is 4.41. The minimum atomic E-state index is -0.387. The van der Waals surface area contributed by atoms with Crippen LogP contribution in [0.25, 0.3) is 5.52 Å². The van der Waals surface area contributed by atoms with E-state index in [0.717, 1.165) is 11.2 Å². The number of rotatable bonds is 3. The lowest BCUT2D eigenvalue weighted by molar-refractivity contribution is 0.459. The highest BCUT2D eigenvalue weighted by Gasteiger charge is 2.09. The van der Waals surface area contributed by atoms with Crippen molar-refractivity contribution in [2.45, 2.75) is 13.5 Å². The second kappa shape index (κ2) is 4.90. The number of fused-ring (bicyclic) bond motifs is 1. The van der Waals surface area contributed by atoms with Gasteiger partial charge in [-0.1, -0.05) is 6.07 Å². The van der Waals surface area contributed by atoms with Crippen LogP contribution in [0.1, 0.15) is 11.3 Å². The van der Waals surface area contributed by atoms with Gasteiger partial charge in [-0.3, -0.25) is 0 Å². The molecule has 2 N–H and O–H groups in total. The molecular weight excluding hydrogens is 259 g/mol. The van der Waals surface area contributed by atoms with Crippen molar-refractivity contribution in [3.8, 4) is 11.6 Å². The third-order valence-corrected chi connectivity index (χ3v) is 2.94. The van der Waals surface area contributed by atoms with E-state index in [0.29, 0.717) is 17.2 Å². The molecule has 0 aliphatic carbocycles. The zero-order chi connectivity index (χ0) is 14.1. The first-order chi connectivity index (χ1) is 9.67. The Balaban J connectivity index is 1.98. The van der Waals surface area contributed by atoms with Gasteiger partial charge >= 0.3 is 0 Å². The fourth-order valence-electron chi connectivity index (χ4n) is 1.97. The van der Waals surface area contributed by atoms with Gasteiger partial charge in [0.2, 0.25) is 5.88 Å². The van der Waals surface area contributed by atoms with E-state index in [9.17, 15) is 4.39 Å². The van der Waals surface area contributed by atoms with Crippen molar-refractivity contribution in [1.82, 2.24) is 14.6 Å². The van der Waals surface area contributed by atoms with E-state index in [2.05, 4.69) is 10.1 Å². The molecule has 2 heterocycles. The summed E-state index contributed by atoms with van der Waals surface area (Å²) < 4.78 is 21.0. The SMILES string of the molecule is Cc1cc2c(Oc3ccc(CN)c(F)c3)nccn2n1. The van der Waals surface area contributed by atoms with Crippen molar-refractivity contribution in [3.05, 3.63) is 53.7 Å². The Morgan fingerprint density at radius 2 is 2.20 bits per heavy atom. The Bertz CT molecular complexity index is 769. The Kier molecular flexibility index (Phi) is 3.08. The number of ether oxygens (including phenoxy) is 1. The van der Waals surface area contributed by atoms with E-state index in [1.807, 2.05) is 13.0 Å². The predicted molar refractivity (Wildman–Crippen MR) is 72.1 cm³/mol. The monoisotopic (exact) mass is 272 g/mol. The minimum Gasteiger partial charge on any atom is -0.437 e. The van der Waals surface area contributed by atoms with E-state index >= 15 is 0 Å². The molecular formula is C14H13FN4O. The van der Waals surface area contributed by atoms with E-state index in [4.69, 9.17) is 10.5 Å². The molecule has 0 saturated carbocycles. The van der Waals surface area contributed by atoms with Crippen LogP contribution < -0.4 is 10.5 Å². The number of nitrogens with two attached hydrogens (primary N) is 1. The van der Waals surface area contributed by atoms with Crippen molar-refractivity contribution in [2.24, 2.45) is 5.73 Å². The maximum atomic E-state index is 13.7. The van der Waals surface area contributed by atoms with Gasteiger partial charge in [0.25, 0.3) is 0 Å². The molecule has 1 aromatic carbocycles. The zero-order valence-electron chi connectivity index (χ0n) is 10.9. The highest BCUT2D eigenvalue weighted by Crippen LogP contribution is 2.25. The van der Waals surface area contributed by atoms with Gasteiger partial charge in [0.05, 0.1) is 5.69 Å². The minimum absolute atomic E-state index is 0.155. The molecule has 102 valence electrons. The van der Waals surface area contributed by atoms with Crippen LogP contribution in [0.2, 0.25) is 0 Å². The average molecular weight is 272 g/mol. The molecule has 0 radical (unpaired) electrons. The van der Waals surface area contributed by atoms with Crippen LogP contribution in [0.3, 0.4) is 0 Å². The number of halogens is 1. The lowest BCUT2D eigenvalue weighted by Crippen LogP contribution is -2.00. The lowest BCUT2D eigenvalue weighted by Gasteiger charge is -2.07. The van der Waals surface area contributed by atoms with Crippen LogP contribution in [0.4, 0.5) is 4.39 Å². The number of hydrogen-bond acceptors (Lipinski definition) is 4. The van der Waals surface area contributed by atoms with Crippen LogP contribution in [0, 0.1) is 12.7 Å². The molecule has 0 saturated heterocycles. The summed E-state index contributed by atoms with van der Waals surface area (Å²) in [5.74, 6) is 0.369. The largest absolute Gasteiger partial charge is 0.437 e. The lowest BCUT2D eigenvalue weighted by atomic mass is 10.2. The molecule has 20 heavy (non-hydrogen) atoms. The van der Waals surface area contributed by atoms with Crippen molar-refractivity contribution >= 4 is 5.52 Å². The molecule has 0 fully saturated rings. The number of hydrogen-bond donors (Lipinski definition) is 1. The molecule has 0 spiro atoms. The first-order valence-corrected chi connectivity index (χ1v) is 6.14. The highest BCUT2D eigenvalue weighted by molar-refractivity contribution is 5.57. The van der Waals surface area contributed by atoms with E-state index in [1.165, 1.54) is 6.07 Å². The first-order valence-electron chi connectivity index (χ1n) is 6.14. The smallest absolute Gasteiger partial charge is 0.245 e. The molecule has 0 aliphatic rings. The second-order valence-electron chi connectivity index (χ2n) is 4.41. The molecule has 6 heteroatoms. The maximum absolute atomic E-state index is 13.7. The molecule has 0 bridgehead atoms. The fourth-order valence-corrected chi connectivity index (χ4v) is 1.97. The predicted octanol–water partition coefficient (Wildman–Crippen LogP) is 2.43. The van der Waals surface area contributed by atoms with Gasteiger partial charge in [0, 0.05) is 30.6 Å². The van der Waals surface area contributed by atoms with Gasteiger partial charge in [-0.15, -0.1) is 0 Å². The third-order valence-electron chi connectivity index (χ3n) is 2.94. The summed E-state index contributed by atoms with van der Waals surface area (Å²) in [7, 11) is 0. The fraction of sp³-hybridized carbons (Fsp3) is 0.143. The van der Waals surface area contributed by atoms with E-state index < -0.39 is 0 Å². The summed E-state index contributed by atoms with van der Waals surface area (Å²) in [6.45, 7) is 2.04. The molecule has 3 rings (SSSR count). The number of aryl methyl sites for hydroxylation is 1. The van der Waals surface area contributed by atoms with E-state index in [-0.39, 0.29) is 12.4 Å². The molecule has 0 atom stereocenters. The Hall–Kier alpha value is -2.47. The van der Waals surface area contributed by atoms with Gasteiger partial charge in [-0.25, -0.2) is 13.9 Å². The standard InChI is InChI=1S/C14H13FN4O/c1-9-6-13-14(17-4-5-19(13)18-9)20-11-3-2-10(8-16)12(15)7-11/h2-7H,8,16H2,1H3. The molecule has 2 aromatic heterocycles. The Morgan fingerprint density at radius 1 is 1.35 bits per heavy atom. The van der Waals surface area contributed by atoms with Gasteiger partial charge in [0.15, 0.2) is 0 Å². The normalized spacial score (nSPS) is 10.9. The summed E-state index contributed by atoms with van der Waals surface area (Å²) in [5.41, 5.74) is 7.46. The molecule has 3 aromatic rings. The third kappa shape index (κ3) is 2.21. The van der Waals surface area contributed by atoms with Gasteiger partial charge in [0.1, 0.15) is 17.1 Å². The Labute approximate surface area is 114 Å². The number of aromatic nitrogens is 3. The van der Waals surface area contributed by atoms with Crippen LogP contribution in [-0.2, 0) is 6.54 Å². The topological polar surface area (TPSA) is 65.4 Å². The van der Waals surface area contributed by atoms with Gasteiger partial charge < -0.3 is 10.5 Å². The van der Waals surface area contributed by atoms with E-state index in [1.54, 1.807) is 29.0 Å². The number of nitrogens with zero attached hydrogens (tertiary/aromatic N) is 3. The summed E-state index contributed by atoms with van der Waals surface area (Å²) in [6.07, 6.45) is 3.31. The van der Waals surface area contributed by atoms with Gasteiger partial charge in [-0.05, 0) is 19.1 Å². The first kappa shape index (κ1) is 12.6. The molecule has 0 amide bonds. The van der Waals surface area contributed by atoms with Crippen molar-refractivity contribution < 1.29 is 9.13 Å². The van der Waals surface area contributed by atoms with Crippen molar-refractivity contribution in [1.29, 1.82) is 0 Å². The average Bonchev–Trinajstić information content (AvgIpc) is 2.80. The summed E-state index contributed by atoms with van der Waals surface area (Å²) in [6, 6.07) is 6.43. The van der Waals surface area contributed by atoms with Gasteiger partial charge in [-0.2, -0.15) is 5.10 Å². The summed E-state index contributed by atoms with van der Waals surface area (Å²) in [5, 5.41) is 4.27. The molecule has 0 unspecified atom stereocenters. The maximum Gasteiger partial charge on any atom is 0.245 e.